The lowest BCUT2D eigenvalue weighted by Gasteiger charge is -2.31. The average molecular weight is 263 g/mol. The zero-order chi connectivity index (χ0) is 13.4. The first-order valence-electron chi connectivity index (χ1n) is 6.74. The van der Waals surface area contributed by atoms with Crippen LogP contribution in [0.5, 0.6) is 0 Å². The van der Waals surface area contributed by atoms with Gasteiger partial charge in [-0.25, -0.2) is 4.39 Å². The molecule has 19 heavy (non-hydrogen) atoms. The van der Waals surface area contributed by atoms with Crippen LogP contribution in [-0.2, 0) is 16.0 Å². The minimum atomic E-state index is -0.285. The molecule has 2 bridgehead atoms. The number of carbonyl (C=O) groups is 1. The molecule has 2 aliphatic rings. The fraction of sp³-hybridized carbons (Fsp3) is 0.533. The number of likely N-dealkylation sites (tertiary alicyclic amines) is 1. The van der Waals surface area contributed by atoms with Gasteiger partial charge in [-0.3, -0.25) is 4.79 Å². The Morgan fingerprint density at radius 1 is 1.47 bits per heavy atom. The molecule has 1 saturated heterocycles. The maximum atomic E-state index is 13.1. The molecule has 102 valence electrons. The van der Waals surface area contributed by atoms with Gasteiger partial charge < -0.3 is 9.64 Å². The fourth-order valence-corrected chi connectivity index (χ4v) is 3.42. The van der Waals surface area contributed by atoms with Gasteiger partial charge in [0.2, 0.25) is 5.91 Å². The van der Waals surface area contributed by atoms with Gasteiger partial charge in [-0.05, 0) is 30.5 Å². The summed E-state index contributed by atoms with van der Waals surface area (Å²) in [6, 6.07) is 6.59. The van der Waals surface area contributed by atoms with E-state index >= 15 is 0 Å². The molecule has 3 unspecified atom stereocenters. The molecule has 1 aliphatic carbocycles. The topological polar surface area (TPSA) is 29.5 Å². The Bertz CT molecular complexity index is 491. The molecule has 1 amide bonds. The van der Waals surface area contributed by atoms with Gasteiger partial charge in [0, 0.05) is 25.6 Å². The van der Waals surface area contributed by atoms with Crippen molar-refractivity contribution in [3.05, 3.63) is 35.6 Å². The molecule has 3 nitrogen and oxygen atoms in total. The van der Waals surface area contributed by atoms with Gasteiger partial charge in [-0.1, -0.05) is 12.1 Å². The molecule has 1 aliphatic heterocycles. The number of hydrogen-bond donors (Lipinski definition) is 0. The van der Waals surface area contributed by atoms with E-state index in [0.29, 0.717) is 24.5 Å². The Balaban J connectivity index is 1.64. The molecular formula is C15H18FNO2. The summed E-state index contributed by atoms with van der Waals surface area (Å²) >= 11 is 0. The van der Waals surface area contributed by atoms with Crippen LogP contribution in [0.1, 0.15) is 18.4 Å². The second-order valence-electron chi connectivity index (χ2n) is 5.51. The van der Waals surface area contributed by atoms with Gasteiger partial charge in [-0.2, -0.15) is 0 Å². The predicted molar refractivity (Wildman–Crippen MR) is 69.1 cm³/mol. The van der Waals surface area contributed by atoms with Crippen molar-refractivity contribution in [2.45, 2.75) is 31.4 Å². The highest BCUT2D eigenvalue weighted by Gasteiger charge is 2.46. The van der Waals surface area contributed by atoms with Crippen LogP contribution in [0, 0.1) is 11.7 Å². The van der Waals surface area contributed by atoms with Gasteiger partial charge >= 0.3 is 0 Å². The van der Waals surface area contributed by atoms with Crippen LogP contribution in [0.15, 0.2) is 24.3 Å². The van der Waals surface area contributed by atoms with E-state index in [1.165, 1.54) is 12.1 Å². The molecule has 1 heterocycles. The van der Waals surface area contributed by atoms with Crippen LogP contribution in [0.4, 0.5) is 4.39 Å². The van der Waals surface area contributed by atoms with Gasteiger partial charge in [-0.15, -0.1) is 0 Å². The van der Waals surface area contributed by atoms with E-state index in [0.717, 1.165) is 24.9 Å². The monoisotopic (exact) mass is 263 g/mol. The van der Waals surface area contributed by atoms with E-state index < -0.39 is 0 Å². The van der Waals surface area contributed by atoms with Crippen LogP contribution in [0.2, 0.25) is 0 Å². The zero-order valence-corrected chi connectivity index (χ0v) is 11.0. The Kier molecular flexibility index (Phi) is 3.27. The molecule has 3 atom stereocenters. The third kappa shape index (κ3) is 2.37. The SMILES string of the molecule is COC1CC2CC1CN2C(=O)Cc1cccc(F)c1. The summed E-state index contributed by atoms with van der Waals surface area (Å²) in [5, 5.41) is 0. The molecular weight excluding hydrogens is 245 g/mol. The molecule has 0 spiro atoms. The van der Waals surface area contributed by atoms with Gasteiger partial charge in [0.1, 0.15) is 5.82 Å². The summed E-state index contributed by atoms with van der Waals surface area (Å²) in [6.45, 7) is 0.789. The number of ether oxygens (including phenoxy) is 1. The third-order valence-electron chi connectivity index (χ3n) is 4.34. The first-order chi connectivity index (χ1) is 9.17. The van der Waals surface area contributed by atoms with Crippen molar-refractivity contribution < 1.29 is 13.9 Å². The Labute approximate surface area is 112 Å². The summed E-state index contributed by atoms with van der Waals surface area (Å²) in [7, 11) is 1.74. The van der Waals surface area contributed by atoms with Crippen molar-refractivity contribution in [1.29, 1.82) is 0 Å². The molecule has 3 rings (SSSR count). The minimum absolute atomic E-state index is 0.104. The normalized spacial score (nSPS) is 28.9. The number of fused-ring (bicyclic) bond motifs is 2. The summed E-state index contributed by atoms with van der Waals surface area (Å²) in [4.78, 5) is 14.2. The number of piperidine rings is 1. The van der Waals surface area contributed by atoms with Crippen molar-refractivity contribution in [1.82, 2.24) is 4.90 Å². The van der Waals surface area contributed by atoms with Crippen molar-refractivity contribution in [3.8, 4) is 0 Å². The van der Waals surface area contributed by atoms with Crippen LogP contribution in [0.3, 0.4) is 0 Å². The number of methoxy groups -OCH3 is 1. The Morgan fingerprint density at radius 2 is 2.32 bits per heavy atom. The highest BCUT2D eigenvalue weighted by Crippen LogP contribution is 2.39. The lowest BCUT2D eigenvalue weighted by Crippen LogP contribution is -2.42. The maximum Gasteiger partial charge on any atom is 0.227 e. The van der Waals surface area contributed by atoms with E-state index in [4.69, 9.17) is 4.74 Å². The highest BCUT2D eigenvalue weighted by molar-refractivity contribution is 5.79. The molecule has 2 fully saturated rings. The van der Waals surface area contributed by atoms with Crippen LogP contribution < -0.4 is 0 Å². The standard InChI is InChI=1S/C15H18FNO2/c1-19-14-8-13-7-11(14)9-17(13)15(18)6-10-3-2-4-12(16)5-10/h2-5,11,13-14H,6-9H2,1H3. The number of amides is 1. The summed E-state index contributed by atoms with van der Waals surface area (Å²) in [5.74, 6) is 0.298. The molecule has 0 radical (unpaired) electrons. The van der Waals surface area contributed by atoms with Crippen molar-refractivity contribution >= 4 is 5.91 Å². The second kappa shape index (κ2) is 4.93. The lowest BCUT2D eigenvalue weighted by molar-refractivity contribution is -0.133. The first kappa shape index (κ1) is 12.6. The van der Waals surface area contributed by atoms with E-state index in [2.05, 4.69) is 0 Å². The molecule has 0 N–H and O–H groups in total. The number of benzene rings is 1. The van der Waals surface area contributed by atoms with Gasteiger partial charge in [0.05, 0.1) is 12.5 Å². The Hall–Kier alpha value is -1.42. The van der Waals surface area contributed by atoms with Gasteiger partial charge in [0.15, 0.2) is 0 Å². The number of rotatable bonds is 3. The largest absolute Gasteiger partial charge is 0.381 e. The first-order valence-corrected chi connectivity index (χ1v) is 6.74. The second-order valence-corrected chi connectivity index (χ2v) is 5.51. The minimum Gasteiger partial charge on any atom is -0.381 e. The molecule has 1 aromatic rings. The highest BCUT2D eigenvalue weighted by atomic mass is 19.1. The van der Waals surface area contributed by atoms with Crippen LogP contribution >= 0.6 is 0 Å². The van der Waals surface area contributed by atoms with Crippen molar-refractivity contribution in [3.63, 3.8) is 0 Å². The number of nitrogens with zero attached hydrogens (tertiary/aromatic N) is 1. The third-order valence-corrected chi connectivity index (χ3v) is 4.34. The predicted octanol–water partition coefficient (Wildman–Crippen LogP) is 2.00. The van der Waals surface area contributed by atoms with Crippen LogP contribution in [-0.4, -0.2) is 36.6 Å². The number of halogens is 1. The smallest absolute Gasteiger partial charge is 0.227 e. The van der Waals surface area contributed by atoms with Crippen LogP contribution in [0.25, 0.3) is 0 Å². The lowest BCUT2D eigenvalue weighted by atomic mass is 10.0. The number of carbonyl (C=O) groups excluding carboxylic acids is 1. The molecule has 1 saturated carbocycles. The van der Waals surface area contributed by atoms with E-state index in [1.807, 2.05) is 4.90 Å². The average Bonchev–Trinajstić information content (AvgIpc) is 2.97. The van der Waals surface area contributed by atoms with E-state index in [9.17, 15) is 9.18 Å². The fourth-order valence-electron chi connectivity index (χ4n) is 3.42. The molecule has 1 aromatic carbocycles. The van der Waals surface area contributed by atoms with E-state index in [-0.39, 0.29) is 11.7 Å². The summed E-state index contributed by atoms with van der Waals surface area (Å²) in [6.07, 6.45) is 2.59. The number of hydrogen-bond acceptors (Lipinski definition) is 2. The molecule has 0 aromatic heterocycles. The molecule has 4 heteroatoms. The zero-order valence-electron chi connectivity index (χ0n) is 11.0. The summed E-state index contributed by atoms with van der Waals surface area (Å²) < 4.78 is 18.5. The van der Waals surface area contributed by atoms with Crippen molar-refractivity contribution in [2.75, 3.05) is 13.7 Å². The summed E-state index contributed by atoms with van der Waals surface area (Å²) in [5.41, 5.74) is 0.746. The quantitative estimate of drug-likeness (QED) is 0.835. The van der Waals surface area contributed by atoms with Crippen molar-refractivity contribution in [2.24, 2.45) is 5.92 Å². The van der Waals surface area contributed by atoms with Gasteiger partial charge in [0.25, 0.3) is 0 Å². The van der Waals surface area contributed by atoms with E-state index in [1.54, 1.807) is 19.2 Å². The Morgan fingerprint density at radius 3 is 2.95 bits per heavy atom. The maximum absolute atomic E-state index is 13.1.